The monoisotopic (exact) mass is 390 g/mol. The third-order valence-electron chi connectivity index (χ3n) is 2.95. The zero-order valence-electron chi connectivity index (χ0n) is 12.1. The average molecular weight is 392 g/mol. The lowest BCUT2D eigenvalue weighted by Gasteiger charge is -2.06. The fourth-order valence-electron chi connectivity index (χ4n) is 1.82. The molecule has 23 heavy (non-hydrogen) atoms. The van der Waals surface area contributed by atoms with Crippen molar-refractivity contribution in [2.45, 2.75) is 0 Å². The maximum atomic E-state index is 12.2. The summed E-state index contributed by atoms with van der Waals surface area (Å²) in [5.74, 6) is 0.188. The van der Waals surface area contributed by atoms with E-state index < -0.39 is 5.91 Å². The van der Waals surface area contributed by atoms with Gasteiger partial charge in [0.25, 0.3) is 5.91 Å². The summed E-state index contributed by atoms with van der Waals surface area (Å²) in [6.45, 7) is 0. The summed E-state index contributed by atoms with van der Waals surface area (Å²) in [7, 11) is 1.57. The molecule has 0 spiro atoms. The molecule has 0 aliphatic carbocycles. The number of nitrogens with zero attached hydrogens (tertiary/aromatic N) is 1. The van der Waals surface area contributed by atoms with Crippen LogP contribution in [0.2, 0.25) is 5.02 Å². The van der Waals surface area contributed by atoms with Gasteiger partial charge in [-0.3, -0.25) is 4.79 Å². The van der Waals surface area contributed by atoms with Crippen molar-refractivity contribution in [2.24, 2.45) is 0 Å². The largest absolute Gasteiger partial charge is 0.496 e. The third-order valence-corrected chi connectivity index (χ3v) is 3.83. The molecular weight excluding hydrogens is 380 g/mol. The molecule has 2 aromatic rings. The highest BCUT2D eigenvalue weighted by Gasteiger charge is 2.10. The van der Waals surface area contributed by atoms with Gasteiger partial charge in [0.15, 0.2) is 0 Å². The highest BCUT2D eigenvalue weighted by atomic mass is 79.9. The smallest absolute Gasteiger partial charge is 0.266 e. The quantitative estimate of drug-likeness (QED) is 0.609. The van der Waals surface area contributed by atoms with Gasteiger partial charge in [0.05, 0.1) is 11.6 Å². The van der Waals surface area contributed by atoms with Crippen molar-refractivity contribution >= 4 is 45.2 Å². The van der Waals surface area contributed by atoms with E-state index in [9.17, 15) is 10.1 Å². The van der Waals surface area contributed by atoms with E-state index in [2.05, 4.69) is 21.2 Å². The predicted molar refractivity (Wildman–Crippen MR) is 94.4 cm³/mol. The van der Waals surface area contributed by atoms with Gasteiger partial charge in [-0.25, -0.2) is 0 Å². The molecule has 0 saturated carbocycles. The van der Waals surface area contributed by atoms with Crippen molar-refractivity contribution in [1.82, 2.24) is 0 Å². The molecule has 0 atom stereocenters. The molecule has 0 radical (unpaired) electrons. The molecule has 2 rings (SSSR count). The Morgan fingerprint density at radius 3 is 2.57 bits per heavy atom. The van der Waals surface area contributed by atoms with Crippen LogP contribution in [-0.4, -0.2) is 13.0 Å². The summed E-state index contributed by atoms with van der Waals surface area (Å²) in [4.78, 5) is 12.2. The molecule has 0 aromatic heterocycles. The zero-order chi connectivity index (χ0) is 16.8. The Morgan fingerprint density at radius 2 is 2.00 bits per heavy atom. The molecule has 116 valence electrons. The number of anilines is 1. The number of hydrogen-bond donors (Lipinski definition) is 1. The summed E-state index contributed by atoms with van der Waals surface area (Å²) in [6.07, 6.45) is 1.51. The Kier molecular flexibility index (Phi) is 5.80. The normalized spacial score (nSPS) is 10.8. The van der Waals surface area contributed by atoms with Gasteiger partial charge in [-0.05, 0) is 64.0 Å². The second kappa shape index (κ2) is 7.82. The minimum atomic E-state index is -0.484. The van der Waals surface area contributed by atoms with Crippen LogP contribution in [-0.2, 0) is 4.79 Å². The lowest BCUT2D eigenvalue weighted by molar-refractivity contribution is -0.112. The van der Waals surface area contributed by atoms with Gasteiger partial charge < -0.3 is 10.1 Å². The van der Waals surface area contributed by atoms with Gasteiger partial charge in [0.2, 0.25) is 0 Å². The second-order valence-electron chi connectivity index (χ2n) is 4.52. The summed E-state index contributed by atoms with van der Waals surface area (Å²) in [5, 5.41) is 12.4. The van der Waals surface area contributed by atoms with E-state index in [0.29, 0.717) is 22.0 Å². The topological polar surface area (TPSA) is 62.1 Å². The number of carbonyl (C=O) groups is 1. The number of amides is 1. The first-order valence-corrected chi connectivity index (χ1v) is 7.73. The highest BCUT2D eigenvalue weighted by Crippen LogP contribution is 2.26. The van der Waals surface area contributed by atoms with E-state index in [1.54, 1.807) is 49.6 Å². The van der Waals surface area contributed by atoms with E-state index in [1.165, 1.54) is 6.08 Å². The number of hydrogen-bond acceptors (Lipinski definition) is 3. The van der Waals surface area contributed by atoms with E-state index in [0.717, 1.165) is 4.47 Å². The van der Waals surface area contributed by atoms with Gasteiger partial charge in [-0.15, -0.1) is 0 Å². The number of rotatable bonds is 4. The molecule has 0 unspecified atom stereocenters. The number of nitrogens with one attached hydrogen (secondary N) is 1. The number of carbonyl (C=O) groups excluding carboxylic acids is 1. The predicted octanol–water partition coefficient (Wildman–Crippen LogP) is 4.66. The first kappa shape index (κ1) is 17.1. The van der Waals surface area contributed by atoms with Gasteiger partial charge in [-0.2, -0.15) is 5.26 Å². The van der Waals surface area contributed by atoms with Crippen LogP contribution in [0.4, 0.5) is 5.69 Å². The molecule has 4 nitrogen and oxygen atoms in total. The molecule has 1 N–H and O–H groups in total. The molecule has 1 amide bonds. The van der Waals surface area contributed by atoms with E-state index in [4.69, 9.17) is 16.3 Å². The maximum Gasteiger partial charge on any atom is 0.266 e. The molecule has 0 bridgehead atoms. The number of ether oxygens (including phenoxy) is 1. The lowest BCUT2D eigenvalue weighted by Crippen LogP contribution is -2.13. The fraction of sp³-hybridized carbons (Fsp3) is 0.0588. The first-order valence-electron chi connectivity index (χ1n) is 6.55. The summed E-state index contributed by atoms with van der Waals surface area (Å²) in [5.41, 5.74) is 1.27. The van der Waals surface area contributed by atoms with Gasteiger partial charge in [0.1, 0.15) is 17.4 Å². The van der Waals surface area contributed by atoms with Crippen LogP contribution < -0.4 is 10.1 Å². The Morgan fingerprint density at radius 1 is 1.30 bits per heavy atom. The Bertz CT molecular complexity index is 795. The lowest BCUT2D eigenvalue weighted by atomic mass is 10.1. The Hall–Kier alpha value is -2.29. The first-order chi connectivity index (χ1) is 11.0. The fourth-order valence-corrected chi connectivity index (χ4v) is 2.50. The molecule has 0 aliphatic heterocycles. The summed E-state index contributed by atoms with van der Waals surface area (Å²) < 4.78 is 5.88. The maximum absolute atomic E-state index is 12.2. The van der Waals surface area contributed by atoms with Crippen LogP contribution in [0.25, 0.3) is 6.08 Å². The standard InChI is InChI=1S/C17H12BrClN2O2/c1-23-16-7-2-11(9-15(16)18)8-12(10-20)17(22)21-14-5-3-13(19)4-6-14/h2-9H,1H3,(H,21,22)/b12-8-. The van der Waals surface area contributed by atoms with Crippen LogP contribution in [0.5, 0.6) is 5.75 Å². The molecular formula is C17H12BrClN2O2. The number of benzene rings is 2. The van der Waals surface area contributed by atoms with Crippen LogP contribution in [0.3, 0.4) is 0 Å². The van der Waals surface area contributed by atoms with Crippen molar-refractivity contribution in [3.63, 3.8) is 0 Å². The van der Waals surface area contributed by atoms with Crippen molar-refractivity contribution in [2.75, 3.05) is 12.4 Å². The van der Waals surface area contributed by atoms with E-state index in [1.807, 2.05) is 6.07 Å². The van der Waals surface area contributed by atoms with E-state index >= 15 is 0 Å². The highest BCUT2D eigenvalue weighted by molar-refractivity contribution is 9.10. The minimum Gasteiger partial charge on any atom is -0.496 e. The number of methoxy groups -OCH3 is 1. The van der Waals surface area contributed by atoms with E-state index in [-0.39, 0.29) is 5.57 Å². The van der Waals surface area contributed by atoms with Crippen LogP contribution in [0.1, 0.15) is 5.56 Å². The Balaban J connectivity index is 2.21. The van der Waals surface area contributed by atoms with Crippen molar-refractivity contribution in [3.8, 4) is 11.8 Å². The molecule has 0 fully saturated rings. The Labute approximate surface area is 147 Å². The molecule has 0 heterocycles. The van der Waals surface area contributed by atoms with Gasteiger partial charge >= 0.3 is 0 Å². The van der Waals surface area contributed by atoms with Gasteiger partial charge in [0, 0.05) is 10.7 Å². The summed E-state index contributed by atoms with van der Waals surface area (Å²) in [6, 6.07) is 13.8. The van der Waals surface area contributed by atoms with Crippen LogP contribution in [0, 0.1) is 11.3 Å². The molecule has 0 saturated heterocycles. The molecule has 0 aliphatic rings. The average Bonchev–Trinajstić information content (AvgIpc) is 2.54. The SMILES string of the molecule is COc1ccc(/C=C(/C#N)C(=O)Nc2ccc(Cl)cc2)cc1Br. The van der Waals surface area contributed by atoms with Gasteiger partial charge in [-0.1, -0.05) is 17.7 Å². The second-order valence-corrected chi connectivity index (χ2v) is 5.82. The van der Waals surface area contributed by atoms with Crippen molar-refractivity contribution in [1.29, 1.82) is 5.26 Å². The number of nitriles is 1. The third kappa shape index (κ3) is 4.59. The number of halogens is 2. The molecule has 6 heteroatoms. The minimum absolute atomic E-state index is 0.00276. The van der Waals surface area contributed by atoms with Crippen molar-refractivity contribution in [3.05, 3.63) is 63.1 Å². The van der Waals surface area contributed by atoms with Crippen LogP contribution >= 0.6 is 27.5 Å². The zero-order valence-corrected chi connectivity index (χ0v) is 14.5. The van der Waals surface area contributed by atoms with Crippen LogP contribution in [0.15, 0.2) is 52.5 Å². The molecule has 2 aromatic carbocycles. The summed E-state index contributed by atoms with van der Waals surface area (Å²) >= 11 is 9.16. The van der Waals surface area contributed by atoms with Crippen molar-refractivity contribution < 1.29 is 9.53 Å².